The average molecular weight is 600 g/mol. The van der Waals surface area contributed by atoms with Crippen LogP contribution in [0.2, 0.25) is 5.02 Å². The molecular formula is C30H34ClN3O6S. The number of hydrogen-bond donors (Lipinski definition) is 1. The van der Waals surface area contributed by atoms with Gasteiger partial charge in [-0.1, -0.05) is 41.9 Å². The fourth-order valence-electron chi connectivity index (χ4n) is 4.32. The second-order valence-corrected chi connectivity index (χ2v) is 13.0. The summed E-state index contributed by atoms with van der Waals surface area (Å²) in [4.78, 5) is 28.6. The molecule has 0 spiro atoms. The van der Waals surface area contributed by atoms with E-state index in [1.165, 1.54) is 17.0 Å². The highest BCUT2D eigenvalue weighted by molar-refractivity contribution is 7.92. The Morgan fingerprint density at radius 1 is 0.951 bits per heavy atom. The van der Waals surface area contributed by atoms with E-state index < -0.39 is 34.1 Å². The minimum atomic E-state index is -4.20. The molecule has 4 rings (SSSR count). The summed E-state index contributed by atoms with van der Waals surface area (Å²) in [5.41, 5.74) is 0.378. The predicted octanol–water partition coefficient (Wildman–Crippen LogP) is 4.64. The lowest BCUT2D eigenvalue weighted by atomic mass is 10.1. The zero-order valence-electron chi connectivity index (χ0n) is 23.5. The first-order valence-corrected chi connectivity index (χ1v) is 15.0. The van der Waals surface area contributed by atoms with Crippen molar-refractivity contribution in [2.45, 2.75) is 50.7 Å². The number of carbonyl (C=O) groups excluding carboxylic acids is 2. The Bertz CT molecular complexity index is 1510. The van der Waals surface area contributed by atoms with E-state index in [1.807, 2.05) is 20.8 Å². The minimum Gasteiger partial charge on any atom is -0.486 e. The van der Waals surface area contributed by atoms with Crippen molar-refractivity contribution in [2.75, 3.05) is 24.1 Å². The van der Waals surface area contributed by atoms with Crippen LogP contribution in [0.1, 0.15) is 33.3 Å². The van der Waals surface area contributed by atoms with E-state index in [2.05, 4.69) is 5.32 Å². The largest absolute Gasteiger partial charge is 0.486 e. The number of sulfonamides is 1. The van der Waals surface area contributed by atoms with E-state index in [9.17, 15) is 18.0 Å². The van der Waals surface area contributed by atoms with Crippen molar-refractivity contribution in [3.8, 4) is 11.5 Å². The molecule has 0 aromatic heterocycles. The standard InChI is InChI=1S/C30H34ClN3O6S/c1-21(29(36)32-30(2,3)4)33(19-22-9-8-10-23(31)17-22)28(35)20-34(41(37,38)25-11-6-5-7-12-25)24-13-14-26-27(18-24)40-16-15-39-26/h5-14,17-18,21H,15-16,19-20H2,1-4H3,(H,32,36)/t21-/m1/s1. The lowest BCUT2D eigenvalue weighted by Gasteiger charge is -2.33. The fourth-order valence-corrected chi connectivity index (χ4v) is 5.96. The predicted molar refractivity (Wildman–Crippen MR) is 158 cm³/mol. The second-order valence-electron chi connectivity index (χ2n) is 10.7. The number of amides is 2. The molecular weight excluding hydrogens is 566 g/mol. The molecule has 0 saturated carbocycles. The molecule has 1 aliphatic rings. The summed E-state index contributed by atoms with van der Waals surface area (Å²) in [5, 5.41) is 3.38. The molecule has 1 heterocycles. The number of benzene rings is 3. The molecule has 0 fully saturated rings. The first-order chi connectivity index (χ1) is 19.3. The molecule has 218 valence electrons. The fraction of sp³-hybridized carbons (Fsp3) is 0.333. The van der Waals surface area contributed by atoms with Gasteiger partial charge >= 0.3 is 0 Å². The third-order valence-corrected chi connectivity index (χ3v) is 8.35. The molecule has 1 N–H and O–H groups in total. The van der Waals surface area contributed by atoms with Gasteiger partial charge < -0.3 is 19.7 Å². The van der Waals surface area contributed by atoms with Crippen molar-refractivity contribution in [2.24, 2.45) is 0 Å². The van der Waals surface area contributed by atoms with Crippen LogP contribution in [0.15, 0.2) is 77.7 Å². The third-order valence-electron chi connectivity index (χ3n) is 6.33. The molecule has 3 aromatic rings. The molecule has 41 heavy (non-hydrogen) atoms. The van der Waals surface area contributed by atoms with Gasteiger partial charge in [-0.05, 0) is 69.7 Å². The van der Waals surface area contributed by atoms with E-state index in [0.29, 0.717) is 35.3 Å². The molecule has 2 amide bonds. The Kier molecular flexibility index (Phi) is 9.14. The number of halogens is 1. The Hall–Kier alpha value is -3.76. The summed E-state index contributed by atoms with van der Waals surface area (Å²) >= 11 is 6.19. The van der Waals surface area contributed by atoms with E-state index in [0.717, 1.165) is 4.31 Å². The van der Waals surface area contributed by atoms with Gasteiger partial charge in [0.1, 0.15) is 25.8 Å². The zero-order valence-corrected chi connectivity index (χ0v) is 25.0. The molecule has 0 bridgehead atoms. The van der Waals surface area contributed by atoms with Gasteiger partial charge in [0.15, 0.2) is 11.5 Å². The number of ether oxygens (including phenoxy) is 2. The lowest BCUT2D eigenvalue weighted by Crippen LogP contribution is -2.54. The monoisotopic (exact) mass is 599 g/mol. The highest BCUT2D eigenvalue weighted by atomic mass is 35.5. The van der Waals surface area contributed by atoms with Crippen LogP contribution < -0.4 is 19.1 Å². The summed E-state index contributed by atoms with van der Waals surface area (Å²) in [5.74, 6) is -0.0813. The molecule has 1 aliphatic heterocycles. The van der Waals surface area contributed by atoms with E-state index >= 15 is 0 Å². The van der Waals surface area contributed by atoms with Gasteiger partial charge in [-0.25, -0.2) is 8.42 Å². The maximum absolute atomic E-state index is 14.0. The van der Waals surface area contributed by atoms with Crippen LogP contribution in [0.5, 0.6) is 11.5 Å². The highest BCUT2D eigenvalue weighted by Crippen LogP contribution is 2.36. The normalized spacial score (nSPS) is 13.7. The maximum atomic E-state index is 14.0. The van der Waals surface area contributed by atoms with Crippen molar-refractivity contribution in [3.63, 3.8) is 0 Å². The Labute approximate surface area is 246 Å². The topological polar surface area (TPSA) is 105 Å². The van der Waals surface area contributed by atoms with Gasteiger partial charge in [0.05, 0.1) is 10.6 Å². The molecule has 9 nitrogen and oxygen atoms in total. The van der Waals surface area contributed by atoms with Crippen LogP contribution >= 0.6 is 11.6 Å². The molecule has 0 radical (unpaired) electrons. The number of nitrogens with one attached hydrogen (secondary N) is 1. The first-order valence-electron chi connectivity index (χ1n) is 13.2. The van der Waals surface area contributed by atoms with E-state index in [1.54, 1.807) is 67.6 Å². The average Bonchev–Trinajstić information content (AvgIpc) is 2.93. The van der Waals surface area contributed by atoms with E-state index in [-0.39, 0.29) is 23.0 Å². The Balaban J connectivity index is 1.74. The molecule has 1 atom stereocenters. The minimum absolute atomic E-state index is 0.0163. The number of rotatable bonds is 9. The third kappa shape index (κ3) is 7.51. The van der Waals surface area contributed by atoms with Gasteiger partial charge in [0, 0.05) is 23.2 Å². The van der Waals surface area contributed by atoms with Gasteiger partial charge in [0.25, 0.3) is 10.0 Å². The van der Waals surface area contributed by atoms with Crippen LogP contribution in [0.25, 0.3) is 0 Å². The summed E-state index contributed by atoms with van der Waals surface area (Å²) in [6.45, 7) is 7.32. The Morgan fingerprint density at radius 3 is 2.29 bits per heavy atom. The van der Waals surface area contributed by atoms with Crippen molar-refractivity contribution in [3.05, 3.63) is 83.4 Å². The quantitative estimate of drug-likeness (QED) is 0.384. The lowest BCUT2D eigenvalue weighted by molar-refractivity contribution is -0.140. The van der Waals surface area contributed by atoms with Crippen LogP contribution in [0, 0.1) is 0 Å². The first kappa shape index (κ1) is 30.2. The van der Waals surface area contributed by atoms with Crippen molar-refractivity contribution < 1.29 is 27.5 Å². The molecule has 0 unspecified atom stereocenters. The summed E-state index contributed by atoms with van der Waals surface area (Å²) in [6.07, 6.45) is 0. The van der Waals surface area contributed by atoms with Crippen molar-refractivity contribution in [1.82, 2.24) is 10.2 Å². The van der Waals surface area contributed by atoms with Crippen molar-refractivity contribution >= 4 is 39.1 Å². The highest BCUT2D eigenvalue weighted by Gasteiger charge is 2.34. The van der Waals surface area contributed by atoms with Crippen LogP contribution in [0.4, 0.5) is 5.69 Å². The van der Waals surface area contributed by atoms with Crippen LogP contribution in [0.3, 0.4) is 0 Å². The zero-order chi connectivity index (χ0) is 29.8. The van der Waals surface area contributed by atoms with Crippen LogP contribution in [-0.2, 0) is 26.2 Å². The second kappa shape index (κ2) is 12.4. The molecule has 0 aliphatic carbocycles. The SMILES string of the molecule is C[C@H](C(=O)NC(C)(C)C)N(Cc1cccc(Cl)c1)C(=O)CN(c1ccc2c(c1)OCCO2)S(=O)(=O)c1ccccc1. The van der Waals surface area contributed by atoms with Gasteiger partial charge in [-0.15, -0.1) is 0 Å². The smallest absolute Gasteiger partial charge is 0.264 e. The van der Waals surface area contributed by atoms with Gasteiger partial charge in [-0.2, -0.15) is 0 Å². The number of carbonyl (C=O) groups is 2. The number of hydrogen-bond acceptors (Lipinski definition) is 6. The summed E-state index contributed by atoms with van der Waals surface area (Å²) in [6, 6.07) is 18.6. The maximum Gasteiger partial charge on any atom is 0.264 e. The van der Waals surface area contributed by atoms with Gasteiger partial charge in [0.2, 0.25) is 11.8 Å². The summed E-state index contributed by atoms with van der Waals surface area (Å²) < 4.78 is 40.2. The number of anilines is 1. The molecule has 3 aromatic carbocycles. The van der Waals surface area contributed by atoms with Crippen LogP contribution in [-0.4, -0.2) is 56.5 Å². The molecule has 11 heteroatoms. The number of fused-ring (bicyclic) bond motifs is 1. The molecule has 0 saturated heterocycles. The van der Waals surface area contributed by atoms with E-state index in [4.69, 9.17) is 21.1 Å². The summed E-state index contributed by atoms with van der Waals surface area (Å²) in [7, 11) is -4.20. The van der Waals surface area contributed by atoms with Crippen molar-refractivity contribution in [1.29, 1.82) is 0 Å². The Morgan fingerprint density at radius 2 is 1.63 bits per heavy atom. The number of nitrogens with zero attached hydrogens (tertiary/aromatic N) is 2. The van der Waals surface area contributed by atoms with Gasteiger partial charge in [-0.3, -0.25) is 13.9 Å².